The fourth-order valence-electron chi connectivity index (χ4n) is 0.576. The molecule has 0 aromatic rings. The van der Waals surface area contributed by atoms with Crippen LogP contribution < -0.4 is 0 Å². The summed E-state index contributed by atoms with van der Waals surface area (Å²) in [6, 6.07) is 0. The fraction of sp³-hybridized carbons (Fsp3) is 0.167. The molecule has 1 aliphatic carbocycles. The average Bonchev–Trinajstić information content (AvgIpc) is 1.90. The number of hydrogen-bond donors (Lipinski definition) is 0. The van der Waals surface area contributed by atoms with Gasteiger partial charge in [-0.1, -0.05) is 18.2 Å². The summed E-state index contributed by atoms with van der Waals surface area (Å²) in [6.45, 7) is 0. The highest BCUT2D eigenvalue weighted by molar-refractivity contribution is 5.92. The van der Waals surface area contributed by atoms with Crippen LogP contribution in [0.4, 0.5) is 0 Å². The molecule has 0 spiro atoms. The lowest BCUT2D eigenvalue weighted by Crippen LogP contribution is -1.93. The van der Waals surface area contributed by atoms with E-state index in [9.17, 15) is 0 Å². The van der Waals surface area contributed by atoms with Crippen molar-refractivity contribution in [1.29, 1.82) is 0 Å². The van der Waals surface area contributed by atoms with Gasteiger partial charge in [-0.25, -0.2) is 0 Å². The summed E-state index contributed by atoms with van der Waals surface area (Å²) in [5.41, 5.74) is 8.91. The van der Waals surface area contributed by atoms with Crippen LogP contribution in [0.5, 0.6) is 0 Å². The van der Waals surface area contributed by atoms with Gasteiger partial charge in [0.1, 0.15) is 0 Å². The molecule has 0 saturated carbocycles. The number of allylic oxidation sites excluding steroid dienone is 4. The lowest BCUT2D eigenvalue weighted by Gasteiger charge is -1.85. The minimum Gasteiger partial charge on any atom is -0.361 e. The monoisotopic (exact) mass is 106 g/mol. The Bertz CT molecular complexity index is 183. The SMILES string of the molecule is [N-]=[N+]=C1C=CC=CC1. The molecule has 0 radical (unpaired) electrons. The van der Waals surface area contributed by atoms with Gasteiger partial charge < -0.3 is 5.53 Å². The second-order valence-corrected chi connectivity index (χ2v) is 1.58. The Morgan fingerprint density at radius 2 is 2.38 bits per heavy atom. The van der Waals surface area contributed by atoms with Crippen molar-refractivity contribution in [3.63, 3.8) is 0 Å². The van der Waals surface area contributed by atoms with E-state index in [2.05, 4.69) is 4.79 Å². The van der Waals surface area contributed by atoms with E-state index in [1.54, 1.807) is 6.08 Å². The molecule has 0 fully saturated rings. The van der Waals surface area contributed by atoms with Crippen LogP contribution in [0.3, 0.4) is 0 Å². The van der Waals surface area contributed by atoms with Crippen molar-refractivity contribution >= 4 is 5.71 Å². The third kappa shape index (κ3) is 0.922. The van der Waals surface area contributed by atoms with Crippen molar-refractivity contribution in [2.45, 2.75) is 6.42 Å². The van der Waals surface area contributed by atoms with Crippen molar-refractivity contribution in [3.8, 4) is 0 Å². The van der Waals surface area contributed by atoms with E-state index in [0.29, 0.717) is 5.71 Å². The van der Waals surface area contributed by atoms with Crippen LogP contribution in [0.25, 0.3) is 5.53 Å². The molecule has 0 heterocycles. The molecule has 0 aromatic carbocycles. The standard InChI is InChI=1S/C6H6N2/c7-8-6-4-2-1-3-5-6/h1-4H,5H2. The average molecular weight is 106 g/mol. The summed E-state index contributed by atoms with van der Waals surface area (Å²) >= 11 is 0. The van der Waals surface area contributed by atoms with E-state index in [-0.39, 0.29) is 0 Å². The van der Waals surface area contributed by atoms with Crippen molar-refractivity contribution in [2.75, 3.05) is 0 Å². The smallest absolute Gasteiger partial charge is 0.295 e. The summed E-state index contributed by atoms with van der Waals surface area (Å²) in [6.07, 6.45) is 8.23. The first kappa shape index (κ1) is 5.01. The number of nitrogens with zero attached hydrogens (tertiary/aromatic N) is 2. The maximum absolute atomic E-state index is 8.19. The largest absolute Gasteiger partial charge is 0.361 e. The molecule has 2 heteroatoms. The summed E-state index contributed by atoms with van der Waals surface area (Å²) in [5.74, 6) is 0. The molecular formula is C6H6N2. The molecule has 0 unspecified atom stereocenters. The zero-order chi connectivity index (χ0) is 5.82. The van der Waals surface area contributed by atoms with Crippen molar-refractivity contribution in [1.82, 2.24) is 0 Å². The molecule has 0 aromatic heterocycles. The Labute approximate surface area is 47.8 Å². The lowest BCUT2D eigenvalue weighted by atomic mass is 10.2. The van der Waals surface area contributed by atoms with E-state index in [1.165, 1.54) is 0 Å². The maximum Gasteiger partial charge on any atom is 0.295 e. The van der Waals surface area contributed by atoms with Crippen LogP contribution in [0.1, 0.15) is 6.42 Å². The van der Waals surface area contributed by atoms with Crippen molar-refractivity contribution in [2.24, 2.45) is 0 Å². The summed E-state index contributed by atoms with van der Waals surface area (Å²) in [4.78, 5) is 3.03. The summed E-state index contributed by atoms with van der Waals surface area (Å²) in [7, 11) is 0. The van der Waals surface area contributed by atoms with Gasteiger partial charge in [0.15, 0.2) is 0 Å². The second-order valence-electron chi connectivity index (χ2n) is 1.58. The van der Waals surface area contributed by atoms with E-state index < -0.39 is 0 Å². The maximum atomic E-state index is 8.19. The highest BCUT2D eigenvalue weighted by Crippen LogP contribution is 1.94. The molecule has 8 heavy (non-hydrogen) atoms. The minimum atomic E-state index is 0.715. The molecule has 40 valence electrons. The zero-order valence-electron chi connectivity index (χ0n) is 4.41. The Balaban J connectivity index is 2.80. The highest BCUT2D eigenvalue weighted by atomic mass is 14.8. The number of hydrogen-bond acceptors (Lipinski definition) is 0. The van der Waals surface area contributed by atoms with Crippen LogP contribution in [0.2, 0.25) is 0 Å². The molecule has 0 aliphatic heterocycles. The van der Waals surface area contributed by atoms with E-state index in [4.69, 9.17) is 5.53 Å². The quantitative estimate of drug-likeness (QED) is 0.328. The van der Waals surface area contributed by atoms with Crippen LogP contribution in [-0.2, 0) is 0 Å². The van der Waals surface area contributed by atoms with Crippen LogP contribution >= 0.6 is 0 Å². The van der Waals surface area contributed by atoms with Gasteiger partial charge in [-0.3, -0.25) is 0 Å². The molecule has 0 saturated heterocycles. The first-order valence-corrected chi connectivity index (χ1v) is 2.47. The van der Waals surface area contributed by atoms with Crippen LogP contribution in [-0.4, -0.2) is 10.5 Å². The van der Waals surface area contributed by atoms with E-state index >= 15 is 0 Å². The molecule has 0 bridgehead atoms. The topological polar surface area (TPSA) is 36.4 Å². The third-order valence-corrected chi connectivity index (χ3v) is 0.991. The predicted octanol–water partition coefficient (Wildman–Crippen LogP) is 1.17. The first-order valence-electron chi connectivity index (χ1n) is 2.47. The molecular weight excluding hydrogens is 100 g/mol. The van der Waals surface area contributed by atoms with E-state index in [0.717, 1.165) is 6.42 Å². The van der Waals surface area contributed by atoms with Gasteiger partial charge in [-0.2, -0.15) is 4.79 Å². The Hall–Kier alpha value is -1.14. The fourth-order valence-corrected chi connectivity index (χ4v) is 0.576. The molecule has 1 aliphatic rings. The van der Waals surface area contributed by atoms with Crippen LogP contribution in [0.15, 0.2) is 24.3 Å². The second kappa shape index (κ2) is 2.24. The molecule has 0 atom stereocenters. The highest BCUT2D eigenvalue weighted by Gasteiger charge is 1.99. The molecule has 1 rings (SSSR count). The van der Waals surface area contributed by atoms with Gasteiger partial charge in [-0.05, 0) is 0 Å². The van der Waals surface area contributed by atoms with Gasteiger partial charge in [0.2, 0.25) is 0 Å². The molecule has 2 nitrogen and oxygen atoms in total. The number of rotatable bonds is 0. The van der Waals surface area contributed by atoms with Gasteiger partial charge in [0.25, 0.3) is 5.71 Å². The molecule has 0 amide bonds. The normalized spacial score (nSPS) is 16.2. The third-order valence-electron chi connectivity index (χ3n) is 0.991. The van der Waals surface area contributed by atoms with Gasteiger partial charge in [-0.15, -0.1) is 0 Å². The summed E-state index contributed by atoms with van der Waals surface area (Å²) in [5, 5.41) is 0. The van der Waals surface area contributed by atoms with Crippen molar-refractivity contribution in [3.05, 3.63) is 29.8 Å². The van der Waals surface area contributed by atoms with Crippen LogP contribution in [0, 0.1) is 0 Å². The predicted molar refractivity (Wildman–Crippen MR) is 31.5 cm³/mol. The van der Waals surface area contributed by atoms with Gasteiger partial charge in [0.05, 0.1) is 6.42 Å². The minimum absolute atomic E-state index is 0.715. The van der Waals surface area contributed by atoms with Gasteiger partial charge >= 0.3 is 0 Å². The lowest BCUT2D eigenvalue weighted by molar-refractivity contribution is -0.00537. The Morgan fingerprint density at radius 1 is 1.50 bits per heavy atom. The first-order chi connectivity index (χ1) is 3.93. The molecule has 0 N–H and O–H groups in total. The van der Waals surface area contributed by atoms with Gasteiger partial charge in [0, 0.05) is 6.08 Å². The Kier molecular flexibility index (Phi) is 1.40. The zero-order valence-corrected chi connectivity index (χ0v) is 4.41. The Morgan fingerprint density at radius 3 is 2.75 bits per heavy atom. The van der Waals surface area contributed by atoms with E-state index in [1.807, 2.05) is 18.2 Å². The summed E-state index contributed by atoms with van der Waals surface area (Å²) < 4.78 is 0. The van der Waals surface area contributed by atoms with Crippen molar-refractivity contribution < 1.29 is 4.79 Å².